The summed E-state index contributed by atoms with van der Waals surface area (Å²) in [7, 11) is 0. The van der Waals surface area contributed by atoms with E-state index in [1.54, 1.807) is 6.20 Å². The summed E-state index contributed by atoms with van der Waals surface area (Å²) in [5, 5.41) is 11.4. The minimum atomic E-state index is 0.789. The molecule has 0 spiro atoms. The normalized spacial score (nSPS) is 10.7. The van der Waals surface area contributed by atoms with Gasteiger partial charge in [0.05, 0.1) is 17.6 Å². The Hall–Kier alpha value is -1.20. The second-order valence-electron chi connectivity index (χ2n) is 3.79. The molecule has 0 aliphatic heterocycles. The van der Waals surface area contributed by atoms with Crippen molar-refractivity contribution in [1.29, 1.82) is 0 Å². The molecule has 0 aliphatic carbocycles. The number of hydrogen-bond acceptors (Lipinski definition) is 3. The third-order valence-corrected chi connectivity index (χ3v) is 2.95. The van der Waals surface area contributed by atoms with Crippen LogP contribution in [0, 0.1) is 0 Å². The van der Waals surface area contributed by atoms with Gasteiger partial charge in [0.2, 0.25) is 0 Å². The largest absolute Gasteiger partial charge is 0.311 e. The maximum Gasteiger partial charge on any atom is 0.0783 e. The van der Waals surface area contributed by atoms with Gasteiger partial charge in [-0.3, -0.25) is 0 Å². The Morgan fingerprint density at radius 3 is 2.76 bits per heavy atom. The van der Waals surface area contributed by atoms with Gasteiger partial charge in [-0.15, -0.1) is 5.10 Å². The lowest BCUT2D eigenvalue weighted by Gasteiger charge is -2.06. The van der Waals surface area contributed by atoms with Crippen LogP contribution in [0.4, 0.5) is 0 Å². The summed E-state index contributed by atoms with van der Waals surface area (Å²) in [6.45, 7) is 3.94. The Morgan fingerprint density at radius 1 is 1.29 bits per heavy atom. The number of aromatic nitrogens is 3. The van der Waals surface area contributed by atoms with Crippen molar-refractivity contribution in [3.63, 3.8) is 0 Å². The molecular formula is C12H15BrN4. The van der Waals surface area contributed by atoms with Gasteiger partial charge in [-0.05, 0) is 37.2 Å². The topological polar surface area (TPSA) is 42.7 Å². The highest BCUT2D eigenvalue weighted by Crippen LogP contribution is 2.14. The molecule has 0 saturated heterocycles. The van der Waals surface area contributed by atoms with Gasteiger partial charge in [0.15, 0.2) is 0 Å². The Labute approximate surface area is 109 Å². The quantitative estimate of drug-likeness (QED) is 0.862. The Kier molecular flexibility index (Phi) is 4.28. The number of nitrogens with one attached hydrogen (secondary N) is 1. The highest BCUT2D eigenvalue weighted by Gasteiger charge is 2.05. The number of halogens is 1. The van der Waals surface area contributed by atoms with E-state index in [9.17, 15) is 0 Å². The van der Waals surface area contributed by atoms with E-state index >= 15 is 0 Å². The molecule has 2 rings (SSSR count). The van der Waals surface area contributed by atoms with Crippen LogP contribution in [0.25, 0.3) is 5.69 Å². The molecule has 0 bridgehead atoms. The van der Waals surface area contributed by atoms with Crippen LogP contribution in [0.5, 0.6) is 0 Å². The molecule has 0 aliphatic rings. The molecule has 2 aromatic rings. The summed E-state index contributed by atoms with van der Waals surface area (Å²) in [4.78, 5) is 0. The first-order valence-electron chi connectivity index (χ1n) is 5.67. The van der Waals surface area contributed by atoms with Gasteiger partial charge in [-0.2, -0.15) is 0 Å². The van der Waals surface area contributed by atoms with Crippen molar-refractivity contribution < 1.29 is 0 Å². The molecule has 1 N–H and O–H groups in total. The fraction of sp³-hybridized carbons (Fsp3) is 0.333. The zero-order valence-electron chi connectivity index (χ0n) is 9.73. The zero-order valence-corrected chi connectivity index (χ0v) is 11.3. The monoisotopic (exact) mass is 294 g/mol. The molecule has 0 saturated carbocycles. The van der Waals surface area contributed by atoms with Gasteiger partial charge < -0.3 is 5.32 Å². The molecule has 0 fully saturated rings. The number of benzene rings is 1. The van der Waals surface area contributed by atoms with E-state index in [4.69, 9.17) is 0 Å². The Bertz CT molecular complexity index is 464. The van der Waals surface area contributed by atoms with Gasteiger partial charge in [0, 0.05) is 11.0 Å². The molecule has 1 aromatic heterocycles. The molecular weight excluding hydrogens is 280 g/mol. The molecule has 0 radical (unpaired) electrons. The van der Waals surface area contributed by atoms with Crippen LogP contribution in [0.2, 0.25) is 0 Å². The molecule has 0 amide bonds. The van der Waals surface area contributed by atoms with E-state index in [1.807, 2.05) is 28.9 Å². The van der Waals surface area contributed by atoms with E-state index in [1.165, 1.54) is 0 Å². The summed E-state index contributed by atoms with van der Waals surface area (Å²) in [6, 6.07) is 8.03. The molecule has 1 aromatic carbocycles. The lowest BCUT2D eigenvalue weighted by molar-refractivity contribution is 0.641. The number of rotatable bonds is 5. The highest BCUT2D eigenvalue weighted by atomic mass is 79.9. The molecule has 0 unspecified atom stereocenters. The second kappa shape index (κ2) is 5.93. The first kappa shape index (κ1) is 12.3. The minimum absolute atomic E-state index is 0.789. The second-order valence-corrected chi connectivity index (χ2v) is 4.71. The maximum absolute atomic E-state index is 4.11. The molecule has 90 valence electrons. The molecule has 5 heteroatoms. The van der Waals surface area contributed by atoms with Gasteiger partial charge in [0.1, 0.15) is 0 Å². The van der Waals surface area contributed by atoms with E-state index in [2.05, 4.69) is 38.5 Å². The fourth-order valence-corrected chi connectivity index (χ4v) is 1.83. The van der Waals surface area contributed by atoms with Gasteiger partial charge in [-0.25, -0.2) is 4.68 Å². The third-order valence-electron chi connectivity index (χ3n) is 2.42. The Balaban J connectivity index is 2.15. The van der Waals surface area contributed by atoms with Crippen LogP contribution < -0.4 is 5.32 Å². The van der Waals surface area contributed by atoms with Gasteiger partial charge in [0.25, 0.3) is 0 Å². The summed E-state index contributed by atoms with van der Waals surface area (Å²) < 4.78 is 2.92. The van der Waals surface area contributed by atoms with Gasteiger partial charge in [-0.1, -0.05) is 28.1 Å². The first-order valence-corrected chi connectivity index (χ1v) is 6.47. The van der Waals surface area contributed by atoms with Crippen molar-refractivity contribution in [2.75, 3.05) is 6.54 Å². The van der Waals surface area contributed by atoms with Crippen molar-refractivity contribution in [1.82, 2.24) is 20.3 Å². The fourth-order valence-electron chi connectivity index (χ4n) is 1.57. The lowest BCUT2D eigenvalue weighted by atomic mass is 10.3. The van der Waals surface area contributed by atoms with Crippen LogP contribution in [0.1, 0.15) is 19.0 Å². The molecule has 1 heterocycles. The van der Waals surface area contributed by atoms with Crippen LogP contribution in [-0.2, 0) is 6.54 Å². The first-order chi connectivity index (χ1) is 8.31. The summed E-state index contributed by atoms with van der Waals surface area (Å²) in [6.07, 6.45) is 2.92. The molecule has 0 atom stereocenters. The average Bonchev–Trinajstić information content (AvgIpc) is 2.79. The number of hydrogen-bond donors (Lipinski definition) is 1. The van der Waals surface area contributed by atoms with E-state index in [-0.39, 0.29) is 0 Å². The van der Waals surface area contributed by atoms with Crippen molar-refractivity contribution >= 4 is 15.9 Å². The predicted molar refractivity (Wildman–Crippen MR) is 71.1 cm³/mol. The predicted octanol–water partition coefficient (Wildman–Crippen LogP) is 2.53. The smallest absolute Gasteiger partial charge is 0.0783 e. The SMILES string of the molecule is CCCNCc1cnnn1-c1ccc(Br)cc1. The average molecular weight is 295 g/mol. The van der Waals surface area contributed by atoms with Crippen molar-refractivity contribution in [2.24, 2.45) is 0 Å². The minimum Gasteiger partial charge on any atom is -0.311 e. The maximum atomic E-state index is 4.11. The van der Waals surface area contributed by atoms with Crippen molar-refractivity contribution in [2.45, 2.75) is 19.9 Å². The third kappa shape index (κ3) is 3.14. The van der Waals surface area contributed by atoms with Crippen LogP contribution >= 0.6 is 15.9 Å². The van der Waals surface area contributed by atoms with Crippen molar-refractivity contribution in [3.8, 4) is 5.69 Å². The molecule has 4 nitrogen and oxygen atoms in total. The van der Waals surface area contributed by atoms with Crippen LogP contribution in [-0.4, -0.2) is 21.5 Å². The Morgan fingerprint density at radius 2 is 2.06 bits per heavy atom. The zero-order chi connectivity index (χ0) is 12.1. The standard InChI is InChI=1S/C12H15BrN4/c1-2-7-14-8-12-9-15-16-17(12)11-5-3-10(13)4-6-11/h3-6,9,14H,2,7-8H2,1H3. The van der Waals surface area contributed by atoms with Crippen LogP contribution in [0.15, 0.2) is 34.9 Å². The van der Waals surface area contributed by atoms with E-state index in [0.717, 1.165) is 35.4 Å². The van der Waals surface area contributed by atoms with Crippen molar-refractivity contribution in [3.05, 3.63) is 40.6 Å². The molecule has 17 heavy (non-hydrogen) atoms. The number of nitrogens with zero attached hydrogens (tertiary/aromatic N) is 3. The van der Waals surface area contributed by atoms with E-state index < -0.39 is 0 Å². The van der Waals surface area contributed by atoms with Crippen LogP contribution in [0.3, 0.4) is 0 Å². The summed E-state index contributed by atoms with van der Waals surface area (Å²) >= 11 is 3.42. The lowest BCUT2D eigenvalue weighted by Crippen LogP contribution is -2.16. The highest BCUT2D eigenvalue weighted by molar-refractivity contribution is 9.10. The summed E-state index contributed by atoms with van der Waals surface area (Å²) in [5.74, 6) is 0. The van der Waals surface area contributed by atoms with Gasteiger partial charge >= 0.3 is 0 Å². The summed E-state index contributed by atoms with van der Waals surface area (Å²) in [5.41, 5.74) is 2.10. The van der Waals surface area contributed by atoms with E-state index in [0.29, 0.717) is 0 Å².